The van der Waals surface area contributed by atoms with Gasteiger partial charge in [0, 0.05) is 6.54 Å². The molecule has 0 fully saturated rings. The SMILES string of the molecule is CN(C)CCON(O)CN(O)ONCN(C)C. The van der Waals surface area contributed by atoms with Crippen molar-refractivity contribution in [1.29, 1.82) is 0 Å². The van der Waals surface area contributed by atoms with Gasteiger partial charge in [0.1, 0.15) is 0 Å². The first-order chi connectivity index (χ1) is 7.91. The van der Waals surface area contributed by atoms with Gasteiger partial charge in [-0.3, -0.25) is 20.2 Å². The van der Waals surface area contributed by atoms with E-state index in [9.17, 15) is 10.4 Å². The molecule has 0 bridgehead atoms. The van der Waals surface area contributed by atoms with Crippen LogP contribution in [0, 0.1) is 0 Å². The fraction of sp³-hybridized carbons (Fsp3) is 1.00. The van der Waals surface area contributed by atoms with E-state index in [1.807, 2.05) is 33.1 Å². The molecule has 0 amide bonds. The Morgan fingerprint density at radius 3 is 2.18 bits per heavy atom. The molecule has 0 saturated heterocycles. The highest BCUT2D eigenvalue weighted by Crippen LogP contribution is 1.89. The summed E-state index contributed by atoms with van der Waals surface area (Å²) in [5, 5.41) is 19.3. The Morgan fingerprint density at radius 1 is 1.00 bits per heavy atom. The molecule has 0 saturated carbocycles. The Bertz CT molecular complexity index is 165. The van der Waals surface area contributed by atoms with Crippen molar-refractivity contribution in [2.24, 2.45) is 0 Å². The standard InChI is InChI=1S/C8H23N5O4/c1-10(2)5-6-16-12(14)8-13(15)17-9-7-11(3)4/h9,14-15H,5-8H2,1-4H3. The first kappa shape index (κ1) is 16.6. The number of hydroxylamine groups is 5. The zero-order chi connectivity index (χ0) is 13.3. The zero-order valence-corrected chi connectivity index (χ0v) is 10.8. The summed E-state index contributed by atoms with van der Waals surface area (Å²) in [6.07, 6.45) is 0. The molecule has 0 aromatic rings. The van der Waals surface area contributed by atoms with E-state index < -0.39 is 0 Å². The average molecular weight is 253 g/mol. The molecule has 0 unspecified atom stereocenters. The van der Waals surface area contributed by atoms with Gasteiger partial charge in [0.15, 0.2) is 6.67 Å². The molecule has 0 aliphatic heterocycles. The van der Waals surface area contributed by atoms with E-state index in [0.29, 0.717) is 30.3 Å². The van der Waals surface area contributed by atoms with Crippen LogP contribution in [-0.4, -0.2) is 85.3 Å². The first-order valence-corrected chi connectivity index (χ1v) is 5.17. The molecular formula is C8H23N5O4. The number of nitrogens with zero attached hydrogens (tertiary/aromatic N) is 4. The predicted molar refractivity (Wildman–Crippen MR) is 59.4 cm³/mol. The van der Waals surface area contributed by atoms with Gasteiger partial charge in [0.25, 0.3) is 0 Å². The number of hydrogen-bond acceptors (Lipinski definition) is 9. The summed E-state index contributed by atoms with van der Waals surface area (Å²) in [5.41, 5.74) is 2.46. The molecule has 0 spiro atoms. The van der Waals surface area contributed by atoms with Crippen LogP contribution in [0.25, 0.3) is 0 Å². The fourth-order valence-electron chi connectivity index (χ4n) is 0.734. The maximum atomic E-state index is 9.21. The first-order valence-electron chi connectivity index (χ1n) is 5.17. The van der Waals surface area contributed by atoms with E-state index in [1.165, 1.54) is 0 Å². The predicted octanol–water partition coefficient (Wildman–Crippen LogP) is -1.23. The van der Waals surface area contributed by atoms with E-state index in [-0.39, 0.29) is 6.67 Å². The molecule has 104 valence electrons. The Balaban J connectivity index is 3.48. The molecular weight excluding hydrogens is 230 g/mol. The number of hydrogen-bond donors (Lipinski definition) is 3. The molecule has 0 rings (SSSR count). The van der Waals surface area contributed by atoms with Gasteiger partial charge < -0.3 is 4.90 Å². The third-order valence-electron chi connectivity index (χ3n) is 1.57. The second-order valence-corrected chi connectivity index (χ2v) is 3.96. The van der Waals surface area contributed by atoms with E-state index in [1.54, 1.807) is 4.90 Å². The molecule has 0 radical (unpaired) electrons. The van der Waals surface area contributed by atoms with E-state index in [0.717, 1.165) is 0 Å². The van der Waals surface area contributed by atoms with Crippen molar-refractivity contribution in [2.75, 3.05) is 54.7 Å². The van der Waals surface area contributed by atoms with Gasteiger partial charge >= 0.3 is 0 Å². The lowest BCUT2D eigenvalue weighted by Crippen LogP contribution is -2.40. The van der Waals surface area contributed by atoms with Gasteiger partial charge in [-0.2, -0.15) is 10.4 Å². The molecule has 0 heterocycles. The van der Waals surface area contributed by atoms with Crippen molar-refractivity contribution in [2.45, 2.75) is 0 Å². The molecule has 0 aliphatic rings. The second-order valence-electron chi connectivity index (χ2n) is 3.96. The van der Waals surface area contributed by atoms with Crippen molar-refractivity contribution in [1.82, 2.24) is 25.7 Å². The van der Waals surface area contributed by atoms with E-state index in [4.69, 9.17) is 4.84 Å². The summed E-state index contributed by atoms with van der Waals surface area (Å²) in [7, 11) is 7.44. The molecule has 9 heteroatoms. The number of nitrogens with one attached hydrogen (secondary N) is 1. The summed E-state index contributed by atoms with van der Waals surface area (Å²) >= 11 is 0. The molecule has 9 nitrogen and oxygen atoms in total. The summed E-state index contributed by atoms with van der Waals surface area (Å²) in [4.78, 5) is 13.2. The van der Waals surface area contributed by atoms with Crippen molar-refractivity contribution in [3.8, 4) is 0 Å². The van der Waals surface area contributed by atoms with Crippen LogP contribution < -0.4 is 5.48 Å². The average Bonchev–Trinajstić information content (AvgIpc) is 2.15. The van der Waals surface area contributed by atoms with Crippen molar-refractivity contribution < 1.29 is 20.2 Å². The van der Waals surface area contributed by atoms with Gasteiger partial charge in [0.2, 0.25) is 0 Å². The highest BCUT2D eigenvalue weighted by molar-refractivity contribution is 4.37. The van der Waals surface area contributed by atoms with Gasteiger partial charge in [0.05, 0.1) is 13.3 Å². The van der Waals surface area contributed by atoms with E-state index in [2.05, 4.69) is 10.4 Å². The van der Waals surface area contributed by atoms with Crippen LogP contribution in [0.2, 0.25) is 0 Å². The molecule has 0 aliphatic carbocycles. The lowest BCUT2D eigenvalue weighted by atomic mass is 10.6. The van der Waals surface area contributed by atoms with Crippen LogP contribution in [0.1, 0.15) is 0 Å². The Hall–Kier alpha value is -0.360. The number of rotatable bonds is 10. The van der Waals surface area contributed by atoms with Crippen molar-refractivity contribution >= 4 is 0 Å². The van der Waals surface area contributed by atoms with Crippen LogP contribution in [0.3, 0.4) is 0 Å². The van der Waals surface area contributed by atoms with Crippen molar-refractivity contribution in [3.05, 3.63) is 0 Å². The van der Waals surface area contributed by atoms with Crippen LogP contribution in [-0.2, 0) is 9.78 Å². The lowest BCUT2D eigenvalue weighted by molar-refractivity contribution is -0.451. The Morgan fingerprint density at radius 2 is 1.65 bits per heavy atom. The summed E-state index contributed by atoms with van der Waals surface area (Å²) in [6.45, 7) is 1.06. The minimum atomic E-state index is -0.326. The monoisotopic (exact) mass is 253 g/mol. The van der Waals surface area contributed by atoms with E-state index >= 15 is 0 Å². The van der Waals surface area contributed by atoms with Crippen LogP contribution >= 0.6 is 0 Å². The third-order valence-corrected chi connectivity index (χ3v) is 1.57. The third kappa shape index (κ3) is 11.9. The Labute approximate surface area is 101 Å². The molecule has 0 aromatic heterocycles. The quantitative estimate of drug-likeness (QED) is 0.327. The minimum absolute atomic E-state index is 0.308. The highest BCUT2D eigenvalue weighted by atomic mass is 17.0. The maximum Gasteiger partial charge on any atom is 0.156 e. The summed E-state index contributed by atoms with van der Waals surface area (Å²) in [5.74, 6) is 0. The Kier molecular flexibility index (Phi) is 9.44. The van der Waals surface area contributed by atoms with Crippen molar-refractivity contribution in [3.63, 3.8) is 0 Å². The van der Waals surface area contributed by atoms with Crippen LogP contribution in [0.5, 0.6) is 0 Å². The second kappa shape index (κ2) is 9.65. The normalized spacial score (nSPS) is 12.4. The topological polar surface area (TPSA) is 83.9 Å². The lowest BCUT2D eigenvalue weighted by Gasteiger charge is -2.21. The smallest absolute Gasteiger partial charge is 0.156 e. The minimum Gasteiger partial charge on any atom is -0.307 e. The largest absolute Gasteiger partial charge is 0.307 e. The van der Waals surface area contributed by atoms with Gasteiger partial charge in [-0.25, -0.2) is 0 Å². The fourth-order valence-corrected chi connectivity index (χ4v) is 0.734. The molecule has 3 N–H and O–H groups in total. The summed E-state index contributed by atoms with van der Waals surface area (Å²) < 4.78 is 0. The van der Waals surface area contributed by atoms with Gasteiger partial charge in [-0.15, -0.1) is 0 Å². The zero-order valence-electron chi connectivity index (χ0n) is 10.8. The maximum absolute atomic E-state index is 9.21. The molecule has 0 aromatic carbocycles. The molecule has 17 heavy (non-hydrogen) atoms. The van der Waals surface area contributed by atoms with Crippen LogP contribution in [0.4, 0.5) is 0 Å². The van der Waals surface area contributed by atoms with Gasteiger partial charge in [-0.05, 0) is 38.6 Å². The summed E-state index contributed by atoms with van der Waals surface area (Å²) in [6, 6.07) is 0. The molecule has 0 atom stereocenters. The number of likely N-dealkylation sites (N-methyl/N-ethyl adjacent to an activating group) is 1. The van der Waals surface area contributed by atoms with Gasteiger partial charge in [-0.1, -0.05) is 0 Å². The van der Waals surface area contributed by atoms with Crippen LogP contribution in [0.15, 0.2) is 0 Å². The highest BCUT2D eigenvalue weighted by Gasteiger charge is 2.08.